The molecule has 1 aliphatic carbocycles. The van der Waals surface area contributed by atoms with Gasteiger partial charge in [-0.1, -0.05) is 39.0 Å². The molecular weight excluding hydrogens is 365 g/mol. The van der Waals surface area contributed by atoms with Gasteiger partial charge in [0.05, 0.1) is 12.0 Å². The summed E-state index contributed by atoms with van der Waals surface area (Å²) < 4.78 is 7.42. The average molecular weight is 396 g/mol. The van der Waals surface area contributed by atoms with Gasteiger partial charge in [0, 0.05) is 19.2 Å². The number of carboxylic acids is 1. The number of carbonyl (C=O) groups is 1. The fraction of sp³-hybridized carbons (Fsp3) is 0.765. The Kier molecular flexibility index (Phi) is 12.1. The highest BCUT2D eigenvalue weighted by Crippen LogP contribution is 2.26. The molecule has 25 heavy (non-hydrogen) atoms. The lowest BCUT2D eigenvalue weighted by molar-refractivity contribution is -0.154. The first-order valence-electron chi connectivity index (χ1n) is 8.73. The number of rotatable bonds is 9. The van der Waals surface area contributed by atoms with Crippen LogP contribution in [0.25, 0.3) is 0 Å². The molecular formula is C17H31Cl2N3O3. The van der Waals surface area contributed by atoms with Crippen LogP contribution >= 0.6 is 24.8 Å². The number of imidazole rings is 1. The van der Waals surface area contributed by atoms with E-state index in [0.29, 0.717) is 6.42 Å². The normalized spacial score (nSPS) is 17.2. The van der Waals surface area contributed by atoms with E-state index in [1.165, 1.54) is 38.5 Å². The SMILES string of the molecule is CCC(N)O[C@@H](Cc1cn(CCC2CCCCC2)cn1)C(=O)O.Cl.Cl. The van der Waals surface area contributed by atoms with Crippen LogP contribution in [0.4, 0.5) is 0 Å². The number of aryl methyl sites for hydroxylation is 1. The maximum absolute atomic E-state index is 11.3. The fourth-order valence-corrected chi connectivity index (χ4v) is 3.13. The number of ether oxygens (including phenoxy) is 1. The van der Waals surface area contributed by atoms with Gasteiger partial charge in [0.15, 0.2) is 6.10 Å². The van der Waals surface area contributed by atoms with Crippen LogP contribution in [0, 0.1) is 5.92 Å². The summed E-state index contributed by atoms with van der Waals surface area (Å²) in [4.78, 5) is 15.6. The molecule has 1 aromatic rings. The molecule has 8 heteroatoms. The van der Waals surface area contributed by atoms with Crippen LogP contribution in [-0.2, 0) is 22.5 Å². The molecule has 2 rings (SSSR count). The Hall–Kier alpha value is -0.820. The molecule has 0 saturated heterocycles. The average Bonchev–Trinajstić information content (AvgIpc) is 3.00. The quantitative estimate of drug-likeness (QED) is 0.625. The highest BCUT2D eigenvalue weighted by molar-refractivity contribution is 5.85. The molecule has 2 atom stereocenters. The number of carboxylic acid groups (broad SMARTS) is 1. The highest BCUT2D eigenvalue weighted by Gasteiger charge is 2.22. The van der Waals surface area contributed by atoms with Gasteiger partial charge in [-0.25, -0.2) is 9.78 Å². The van der Waals surface area contributed by atoms with Crippen LogP contribution in [0.1, 0.15) is 57.6 Å². The minimum Gasteiger partial charge on any atom is -0.479 e. The summed E-state index contributed by atoms with van der Waals surface area (Å²) in [5, 5.41) is 9.24. The van der Waals surface area contributed by atoms with Gasteiger partial charge in [-0.15, -0.1) is 24.8 Å². The predicted octanol–water partition coefficient (Wildman–Crippen LogP) is 3.40. The second kappa shape index (κ2) is 12.5. The molecule has 3 N–H and O–H groups in total. The zero-order chi connectivity index (χ0) is 16.7. The molecule has 0 aromatic carbocycles. The molecule has 1 unspecified atom stereocenters. The van der Waals surface area contributed by atoms with Crippen LogP contribution in [0.3, 0.4) is 0 Å². The number of hydrogen-bond donors (Lipinski definition) is 2. The number of hydrogen-bond acceptors (Lipinski definition) is 4. The third-order valence-corrected chi connectivity index (χ3v) is 4.62. The minimum atomic E-state index is -0.995. The first kappa shape index (κ1) is 24.2. The van der Waals surface area contributed by atoms with E-state index >= 15 is 0 Å². The Balaban J connectivity index is 0.00000288. The molecule has 1 aliphatic rings. The summed E-state index contributed by atoms with van der Waals surface area (Å²) in [5.74, 6) is -0.169. The van der Waals surface area contributed by atoms with Gasteiger partial charge >= 0.3 is 5.97 Å². The van der Waals surface area contributed by atoms with Crippen molar-refractivity contribution in [3.8, 4) is 0 Å². The van der Waals surface area contributed by atoms with E-state index in [9.17, 15) is 9.90 Å². The van der Waals surface area contributed by atoms with Crippen molar-refractivity contribution in [3.63, 3.8) is 0 Å². The van der Waals surface area contributed by atoms with Crippen molar-refractivity contribution in [2.45, 2.75) is 77.2 Å². The second-order valence-electron chi connectivity index (χ2n) is 6.51. The minimum absolute atomic E-state index is 0. The number of aromatic nitrogens is 2. The second-order valence-corrected chi connectivity index (χ2v) is 6.51. The van der Waals surface area contributed by atoms with Crippen molar-refractivity contribution in [3.05, 3.63) is 18.2 Å². The van der Waals surface area contributed by atoms with E-state index in [4.69, 9.17) is 10.5 Å². The van der Waals surface area contributed by atoms with Gasteiger partial charge in [-0.3, -0.25) is 0 Å². The van der Waals surface area contributed by atoms with Crippen LogP contribution in [0.2, 0.25) is 0 Å². The van der Waals surface area contributed by atoms with E-state index in [-0.39, 0.29) is 31.2 Å². The van der Waals surface area contributed by atoms with Gasteiger partial charge in [0.2, 0.25) is 0 Å². The first-order valence-corrected chi connectivity index (χ1v) is 8.73. The summed E-state index contributed by atoms with van der Waals surface area (Å²) in [6.45, 7) is 2.81. The summed E-state index contributed by atoms with van der Waals surface area (Å²) in [7, 11) is 0. The predicted molar refractivity (Wildman–Crippen MR) is 102 cm³/mol. The smallest absolute Gasteiger partial charge is 0.333 e. The number of halogens is 2. The molecule has 1 fully saturated rings. The standard InChI is InChI=1S/C17H29N3O3.2ClH/c1-2-16(18)23-15(17(21)22)10-14-11-20(12-19-14)9-8-13-6-4-3-5-7-13;;/h11-13,15-16H,2-10,18H2,1H3,(H,21,22);2*1H/t15-,16?;;/m0../s1. The third-order valence-electron chi connectivity index (χ3n) is 4.62. The number of nitrogens with zero attached hydrogens (tertiary/aromatic N) is 2. The molecule has 1 heterocycles. The van der Waals surface area contributed by atoms with E-state index < -0.39 is 18.3 Å². The first-order chi connectivity index (χ1) is 11.1. The lowest BCUT2D eigenvalue weighted by Gasteiger charge is -2.21. The summed E-state index contributed by atoms with van der Waals surface area (Å²) >= 11 is 0. The van der Waals surface area contributed by atoms with Crippen molar-refractivity contribution in [2.75, 3.05) is 0 Å². The van der Waals surface area contributed by atoms with Crippen molar-refractivity contribution < 1.29 is 14.6 Å². The zero-order valence-corrected chi connectivity index (χ0v) is 16.4. The molecule has 1 saturated carbocycles. The maximum atomic E-state index is 11.3. The fourth-order valence-electron chi connectivity index (χ4n) is 3.13. The van der Waals surface area contributed by atoms with Crippen LogP contribution in [0.5, 0.6) is 0 Å². The molecule has 0 radical (unpaired) electrons. The van der Waals surface area contributed by atoms with Crippen LogP contribution < -0.4 is 5.73 Å². The molecule has 0 amide bonds. The van der Waals surface area contributed by atoms with Gasteiger partial charge in [0.25, 0.3) is 0 Å². The largest absolute Gasteiger partial charge is 0.479 e. The number of aliphatic carboxylic acids is 1. The Morgan fingerprint density at radius 2 is 2.08 bits per heavy atom. The number of nitrogens with two attached hydrogens (primary N) is 1. The monoisotopic (exact) mass is 395 g/mol. The maximum Gasteiger partial charge on any atom is 0.333 e. The van der Waals surface area contributed by atoms with Crippen LogP contribution in [-0.4, -0.2) is 33.0 Å². The van der Waals surface area contributed by atoms with Crippen molar-refractivity contribution in [2.24, 2.45) is 11.7 Å². The van der Waals surface area contributed by atoms with E-state index in [0.717, 1.165) is 18.2 Å². The molecule has 146 valence electrons. The van der Waals surface area contributed by atoms with E-state index in [2.05, 4.69) is 9.55 Å². The Labute approximate surface area is 162 Å². The summed E-state index contributed by atoms with van der Waals surface area (Å²) in [6.07, 6.45) is 11.0. The topological polar surface area (TPSA) is 90.4 Å². The zero-order valence-electron chi connectivity index (χ0n) is 14.8. The van der Waals surface area contributed by atoms with Gasteiger partial charge in [-0.2, -0.15) is 0 Å². The molecule has 1 aromatic heterocycles. The van der Waals surface area contributed by atoms with Crippen molar-refractivity contribution in [1.29, 1.82) is 0 Å². The molecule has 0 bridgehead atoms. The summed E-state index contributed by atoms with van der Waals surface area (Å²) in [6, 6.07) is 0. The lowest BCUT2D eigenvalue weighted by atomic mass is 9.87. The Bertz CT molecular complexity index is 493. The Morgan fingerprint density at radius 1 is 1.40 bits per heavy atom. The van der Waals surface area contributed by atoms with E-state index in [1.54, 1.807) is 6.33 Å². The highest BCUT2D eigenvalue weighted by atomic mass is 35.5. The third kappa shape index (κ3) is 8.40. The van der Waals surface area contributed by atoms with Gasteiger partial charge in [-0.05, 0) is 18.8 Å². The van der Waals surface area contributed by atoms with Gasteiger partial charge in [0.1, 0.15) is 6.23 Å². The molecule has 0 aliphatic heterocycles. The molecule has 0 spiro atoms. The lowest BCUT2D eigenvalue weighted by Crippen LogP contribution is -2.35. The van der Waals surface area contributed by atoms with Gasteiger partial charge < -0.3 is 20.1 Å². The van der Waals surface area contributed by atoms with Crippen molar-refractivity contribution >= 4 is 30.8 Å². The Morgan fingerprint density at radius 3 is 2.68 bits per heavy atom. The summed E-state index contributed by atoms with van der Waals surface area (Å²) in [5.41, 5.74) is 6.43. The molecule has 6 nitrogen and oxygen atoms in total. The van der Waals surface area contributed by atoms with Crippen LogP contribution in [0.15, 0.2) is 12.5 Å². The van der Waals surface area contributed by atoms with E-state index in [1.807, 2.05) is 13.1 Å². The van der Waals surface area contributed by atoms with Crippen molar-refractivity contribution in [1.82, 2.24) is 9.55 Å².